The van der Waals surface area contributed by atoms with Crippen LogP contribution in [0.3, 0.4) is 0 Å². The van der Waals surface area contributed by atoms with Crippen molar-refractivity contribution in [2.45, 2.75) is 50.4 Å². The molecule has 0 radical (unpaired) electrons. The van der Waals surface area contributed by atoms with Crippen molar-refractivity contribution in [2.75, 3.05) is 35.5 Å². The van der Waals surface area contributed by atoms with Gasteiger partial charge in [0.2, 0.25) is 10.0 Å². The molecule has 34 heavy (non-hydrogen) atoms. The number of nitrogens with one attached hydrogen (secondary N) is 1. The number of fused-ring (bicyclic) bond motifs is 2. The molecule has 2 fully saturated rings. The molecule has 180 valence electrons. The predicted molar refractivity (Wildman–Crippen MR) is 133 cm³/mol. The zero-order valence-corrected chi connectivity index (χ0v) is 20.4. The Labute approximate surface area is 201 Å². The molecule has 0 atom stereocenters. The van der Waals surface area contributed by atoms with E-state index in [1.807, 2.05) is 21.9 Å². The maximum Gasteiger partial charge on any atom is 0.258 e. The Kier molecular flexibility index (Phi) is 5.88. The highest BCUT2D eigenvalue weighted by Crippen LogP contribution is 2.50. The lowest BCUT2D eigenvalue weighted by atomic mass is 9.70. The van der Waals surface area contributed by atoms with Crippen LogP contribution in [0.2, 0.25) is 0 Å². The van der Waals surface area contributed by atoms with E-state index in [0.29, 0.717) is 23.4 Å². The Hall–Kier alpha value is -2.87. The van der Waals surface area contributed by atoms with Crippen LogP contribution in [0.4, 0.5) is 11.4 Å². The first-order valence-corrected chi connectivity index (χ1v) is 14.0. The number of benzene rings is 2. The first-order chi connectivity index (χ1) is 16.3. The Morgan fingerprint density at radius 3 is 2.24 bits per heavy atom. The van der Waals surface area contributed by atoms with E-state index < -0.39 is 10.0 Å². The van der Waals surface area contributed by atoms with Gasteiger partial charge in [-0.2, -0.15) is 0 Å². The summed E-state index contributed by atoms with van der Waals surface area (Å²) in [6.07, 6.45) is 8.48. The molecule has 2 heterocycles. The molecule has 1 spiro atoms. The van der Waals surface area contributed by atoms with Crippen molar-refractivity contribution in [3.8, 4) is 0 Å². The average Bonchev–Trinajstić information content (AvgIpc) is 3.45. The SMILES string of the molecule is CS(=O)(=O)Nc1ccc2c(c1)C1(CCCCC1)CN2C(=O)c1cccc(C(=O)N2CCCC2)c1. The van der Waals surface area contributed by atoms with Crippen molar-refractivity contribution in [3.63, 3.8) is 0 Å². The maximum absolute atomic E-state index is 13.7. The monoisotopic (exact) mass is 481 g/mol. The van der Waals surface area contributed by atoms with Crippen LogP contribution in [-0.2, 0) is 15.4 Å². The van der Waals surface area contributed by atoms with Crippen molar-refractivity contribution in [3.05, 3.63) is 59.2 Å². The van der Waals surface area contributed by atoms with E-state index >= 15 is 0 Å². The summed E-state index contributed by atoms with van der Waals surface area (Å²) in [6.45, 7) is 2.11. The summed E-state index contributed by atoms with van der Waals surface area (Å²) >= 11 is 0. The summed E-state index contributed by atoms with van der Waals surface area (Å²) in [5, 5.41) is 0. The van der Waals surface area contributed by atoms with Gasteiger partial charge in [0.15, 0.2) is 0 Å². The number of amides is 2. The van der Waals surface area contributed by atoms with Crippen molar-refractivity contribution in [2.24, 2.45) is 0 Å². The van der Waals surface area contributed by atoms with E-state index in [9.17, 15) is 18.0 Å². The van der Waals surface area contributed by atoms with Crippen LogP contribution < -0.4 is 9.62 Å². The fraction of sp³-hybridized carbons (Fsp3) is 0.462. The summed E-state index contributed by atoms with van der Waals surface area (Å²) < 4.78 is 26.2. The van der Waals surface area contributed by atoms with Crippen LogP contribution >= 0.6 is 0 Å². The van der Waals surface area contributed by atoms with E-state index in [0.717, 1.165) is 69.1 Å². The summed E-state index contributed by atoms with van der Waals surface area (Å²) in [4.78, 5) is 30.3. The van der Waals surface area contributed by atoms with Crippen molar-refractivity contribution < 1.29 is 18.0 Å². The van der Waals surface area contributed by atoms with E-state index in [1.165, 1.54) is 6.42 Å². The quantitative estimate of drug-likeness (QED) is 0.711. The molecule has 2 aromatic carbocycles. The Morgan fingerprint density at radius 1 is 0.882 bits per heavy atom. The molecule has 1 N–H and O–H groups in total. The largest absolute Gasteiger partial charge is 0.339 e. The highest BCUT2D eigenvalue weighted by Gasteiger charge is 2.45. The molecule has 1 saturated heterocycles. The third kappa shape index (κ3) is 4.31. The van der Waals surface area contributed by atoms with Gasteiger partial charge in [0, 0.05) is 47.6 Å². The average molecular weight is 482 g/mol. The van der Waals surface area contributed by atoms with Crippen molar-refractivity contribution in [1.29, 1.82) is 0 Å². The van der Waals surface area contributed by atoms with Crippen LogP contribution in [-0.4, -0.2) is 51.0 Å². The van der Waals surface area contributed by atoms with Crippen LogP contribution in [0, 0.1) is 0 Å². The number of hydrogen-bond acceptors (Lipinski definition) is 4. The van der Waals surface area contributed by atoms with Gasteiger partial charge >= 0.3 is 0 Å². The molecular formula is C26H31N3O4S. The van der Waals surface area contributed by atoms with Gasteiger partial charge in [-0.3, -0.25) is 14.3 Å². The van der Waals surface area contributed by atoms with Crippen LogP contribution in [0.15, 0.2) is 42.5 Å². The minimum Gasteiger partial charge on any atom is -0.339 e. The van der Waals surface area contributed by atoms with Crippen molar-refractivity contribution >= 4 is 33.2 Å². The zero-order chi connectivity index (χ0) is 23.9. The smallest absolute Gasteiger partial charge is 0.258 e. The third-order valence-corrected chi connectivity index (χ3v) is 8.03. The summed E-state index contributed by atoms with van der Waals surface area (Å²) in [5.74, 6) is -0.141. The molecule has 5 rings (SSSR count). The molecule has 8 heteroatoms. The van der Waals surface area contributed by atoms with Crippen molar-refractivity contribution in [1.82, 2.24) is 4.90 Å². The Morgan fingerprint density at radius 2 is 1.56 bits per heavy atom. The lowest BCUT2D eigenvalue weighted by Gasteiger charge is -2.34. The number of nitrogens with zero attached hydrogens (tertiary/aromatic N) is 2. The summed E-state index contributed by atoms with van der Waals surface area (Å²) in [5.41, 5.74) is 3.29. The first kappa shape index (κ1) is 22.9. The molecule has 0 unspecified atom stereocenters. The molecule has 0 aromatic heterocycles. The second kappa shape index (κ2) is 8.73. The third-order valence-electron chi connectivity index (χ3n) is 7.43. The number of carbonyl (C=O) groups excluding carboxylic acids is 2. The normalized spacial score (nSPS) is 19.3. The van der Waals surface area contributed by atoms with E-state index in [1.54, 1.807) is 30.3 Å². The van der Waals surface area contributed by atoms with Crippen LogP contribution in [0.25, 0.3) is 0 Å². The molecule has 7 nitrogen and oxygen atoms in total. The summed E-state index contributed by atoms with van der Waals surface area (Å²) in [7, 11) is -3.40. The molecule has 2 aliphatic heterocycles. The number of carbonyl (C=O) groups is 2. The molecular weight excluding hydrogens is 450 g/mol. The molecule has 2 aromatic rings. The number of sulfonamides is 1. The highest BCUT2D eigenvalue weighted by atomic mass is 32.2. The molecule has 1 saturated carbocycles. The van der Waals surface area contributed by atoms with E-state index in [2.05, 4.69) is 4.72 Å². The minimum absolute atomic E-state index is 0.0192. The fourth-order valence-electron chi connectivity index (χ4n) is 5.83. The molecule has 2 amide bonds. The van der Waals surface area contributed by atoms with Gasteiger partial charge in [-0.15, -0.1) is 0 Å². The second-order valence-corrected chi connectivity index (χ2v) is 11.7. The van der Waals surface area contributed by atoms with Gasteiger partial charge in [0.05, 0.1) is 6.26 Å². The van der Waals surface area contributed by atoms with Crippen LogP contribution in [0.5, 0.6) is 0 Å². The lowest BCUT2D eigenvalue weighted by molar-refractivity contribution is 0.0793. The fourth-order valence-corrected chi connectivity index (χ4v) is 6.38. The maximum atomic E-state index is 13.7. The number of anilines is 2. The van der Waals surface area contributed by atoms with Gasteiger partial charge in [0.1, 0.15) is 0 Å². The first-order valence-electron chi connectivity index (χ1n) is 12.1. The molecule has 3 aliphatic rings. The predicted octanol–water partition coefficient (Wildman–Crippen LogP) is 4.16. The van der Waals surface area contributed by atoms with Crippen LogP contribution in [0.1, 0.15) is 71.2 Å². The van der Waals surface area contributed by atoms with Gasteiger partial charge in [-0.1, -0.05) is 25.3 Å². The zero-order valence-electron chi connectivity index (χ0n) is 19.5. The number of rotatable bonds is 4. The number of hydrogen-bond donors (Lipinski definition) is 1. The van der Waals surface area contributed by atoms with E-state index in [-0.39, 0.29) is 17.2 Å². The lowest BCUT2D eigenvalue weighted by Crippen LogP contribution is -2.38. The highest BCUT2D eigenvalue weighted by molar-refractivity contribution is 7.92. The van der Waals surface area contributed by atoms with Gasteiger partial charge in [-0.05, 0) is 67.6 Å². The van der Waals surface area contributed by atoms with Gasteiger partial charge in [-0.25, -0.2) is 8.42 Å². The Balaban J connectivity index is 1.48. The van der Waals surface area contributed by atoms with E-state index in [4.69, 9.17) is 0 Å². The van der Waals surface area contributed by atoms with Gasteiger partial charge in [0.25, 0.3) is 11.8 Å². The molecule has 0 bridgehead atoms. The van der Waals surface area contributed by atoms with Gasteiger partial charge < -0.3 is 9.80 Å². The minimum atomic E-state index is -3.40. The number of likely N-dealkylation sites (tertiary alicyclic amines) is 1. The second-order valence-electron chi connectivity index (χ2n) is 9.92. The topological polar surface area (TPSA) is 86.8 Å². The standard InChI is InChI=1S/C26H31N3O4S/c1-34(32,33)27-21-10-11-23-22(17-21)26(12-3-2-4-13-26)18-29(23)25(31)20-9-7-8-19(16-20)24(30)28-14-5-6-15-28/h7-11,16-17,27H,2-6,12-15,18H2,1H3. The molecule has 1 aliphatic carbocycles. The Bertz CT molecular complexity index is 1230. The summed E-state index contributed by atoms with van der Waals surface area (Å²) in [6, 6.07) is 12.5.